The molecule has 4 rings (SSSR count). The third-order valence-corrected chi connectivity index (χ3v) is 5.39. The van der Waals surface area contributed by atoms with E-state index in [1.165, 1.54) is 16.5 Å². The van der Waals surface area contributed by atoms with E-state index in [1.807, 2.05) is 32.0 Å². The number of imide groups is 1. The summed E-state index contributed by atoms with van der Waals surface area (Å²) in [6.45, 7) is 5.99. The number of hydrogen-bond donors (Lipinski definition) is 2. The molecule has 0 atom stereocenters. The van der Waals surface area contributed by atoms with Crippen LogP contribution in [-0.4, -0.2) is 37.4 Å². The average Bonchev–Trinajstić information content (AvgIpc) is 2.98. The summed E-state index contributed by atoms with van der Waals surface area (Å²) < 4.78 is 0. The monoisotopic (exact) mass is 389 g/mol. The van der Waals surface area contributed by atoms with Crippen molar-refractivity contribution in [3.63, 3.8) is 0 Å². The highest BCUT2D eigenvalue weighted by atomic mass is 16.2. The lowest BCUT2D eigenvalue weighted by Crippen LogP contribution is -2.30. The van der Waals surface area contributed by atoms with Gasteiger partial charge in [-0.25, -0.2) is 4.90 Å². The molecule has 0 unspecified atom stereocenters. The van der Waals surface area contributed by atoms with Crippen LogP contribution in [0.4, 0.5) is 5.69 Å². The maximum absolute atomic E-state index is 13.0. The summed E-state index contributed by atoms with van der Waals surface area (Å²) >= 11 is 0. The molecule has 0 saturated heterocycles. The molecule has 0 spiro atoms. The van der Waals surface area contributed by atoms with Gasteiger partial charge in [0, 0.05) is 18.7 Å². The fraction of sp³-hybridized carbons (Fsp3) is 0.261. The van der Waals surface area contributed by atoms with Crippen LogP contribution in [0.25, 0.3) is 0 Å². The molecule has 2 heterocycles. The first kappa shape index (κ1) is 19.1. The van der Waals surface area contributed by atoms with Crippen LogP contribution in [0.1, 0.15) is 48.6 Å². The molecular weight excluding hydrogens is 366 g/mol. The molecule has 6 nitrogen and oxygen atoms in total. The first-order valence-electron chi connectivity index (χ1n) is 9.72. The molecule has 0 radical (unpaired) electrons. The van der Waals surface area contributed by atoms with Gasteiger partial charge < -0.3 is 10.6 Å². The minimum absolute atomic E-state index is 0.252. The lowest BCUT2D eigenvalue weighted by atomic mass is 10.0. The zero-order chi connectivity index (χ0) is 20.5. The molecule has 0 bridgehead atoms. The van der Waals surface area contributed by atoms with Crippen molar-refractivity contribution in [1.82, 2.24) is 10.6 Å². The second kappa shape index (κ2) is 7.64. The van der Waals surface area contributed by atoms with E-state index in [-0.39, 0.29) is 17.4 Å². The summed E-state index contributed by atoms with van der Waals surface area (Å²) in [5.74, 6) is -1.00. The van der Waals surface area contributed by atoms with E-state index in [1.54, 1.807) is 12.1 Å². The van der Waals surface area contributed by atoms with E-state index in [9.17, 15) is 14.4 Å². The van der Waals surface area contributed by atoms with Gasteiger partial charge in [0.05, 0.1) is 16.8 Å². The van der Waals surface area contributed by atoms with Gasteiger partial charge in [-0.3, -0.25) is 14.4 Å². The number of benzene rings is 2. The molecule has 2 aliphatic rings. The number of amides is 3. The number of hydrogen-bond acceptors (Lipinski definition) is 4. The van der Waals surface area contributed by atoms with Crippen molar-refractivity contribution in [2.24, 2.45) is 0 Å². The molecular formula is C23H23N3O3. The molecule has 2 aliphatic heterocycles. The van der Waals surface area contributed by atoms with Crippen LogP contribution in [0.3, 0.4) is 0 Å². The lowest BCUT2D eigenvalue weighted by Gasteiger charge is -2.17. The van der Waals surface area contributed by atoms with E-state index in [2.05, 4.69) is 16.7 Å². The summed E-state index contributed by atoms with van der Waals surface area (Å²) in [6, 6.07) is 10.4. The Bertz CT molecular complexity index is 1060. The Morgan fingerprint density at radius 3 is 2.62 bits per heavy atom. The number of nitrogens with one attached hydrogen (secondary N) is 2. The number of anilines is 1. The molecule has 2 N–H and O–H groups in total. The maximum Gasteiger partial charge on any atom is 0.266 e. The van der Waals surface area contributed by atoms with Crippen LogP contribution < -0.4 is 15.5 Å². The fourth-order valence-corrected chi connectivity index (χ4v) is 3.69. The molecule has 2 aromatic carbocycles. The van der Waals surface area contributed by atoms with E-state index < -0.39 is 5.91 Å². The van der Waals surface area contributed by atoms with Crippen molar-refractivity contribution in [3.8, 4) is 0 Å². The smallest absolute Gasteiger partial charge is 0.266 e. The van der Waals surface area contributed by atoms with E-state index in [4.69, 9.17) is 0 Å². The number of carbonyl (C=O) groups excluding carboxylic acids is 3. The van der Waals surface area contributed by atoms with Gasteiger partial charge >= 0.3 is 0 Å². The molecule has 0 fully saturated rings. The Labute approximate surface area is 169 Å². The summed E-state index contributed by atoms with van der Waals surface area (Å²) in [4.78, 5) is 39.6. The number of fused-ring (bicyclic) bond motifs is 1. The van der Waals surface area contributed by atoms with Gasteiger partial charge in [0.1, 0.15) is 0 Å². The summed E-state index contributed by atoms with van der Waals surface area (Å²) in [7, 11) is 0. The largest absolute Gasteiger partial charge is 0.348 e. The quantitative estimate of drug-likeness (QED) is 0.623. The van der Waals surface area contributed by atoms with Gasteiger partial charge in [-0.2, -0.15) is 0 Å². The van der Waals surface area contributed by atoms with Crippen molar-refractivity contribution in [2.45, 2.75) is 20.3 Å². The van der Waals surface area contributed by atoms with Gasteiger partial charge in [-0.15, -0.1) is 0 Å². The molecule has 6 heteroatoms. The second-order valence-electron chi connectivity index (χ2n) is 7.50. The van der Waals surface area contributed by atoms with Crippen molar-refractivity contribution in [1.29, 1.82) is 0 Å². The van der Waals surface area contributed by atoms with Crippen molar-refractivity contribution >= 4 is 23.4 Å². The Balaban J connectivity index is 1.57. The van der Waals surface area contributed by atoms with Gasteiger partial charge in [0.25, 0.3) is 17.7 Å². The molecule has 2 aromatic rings. The van der Waals surface area contributed by atoms with Crippen LogP contribution in [-0.2, 0) is 0 Å². The number of carbonyl (C=O) groups is 3. The predicted octanol–water partition coefficient (Wildman–Crippen LogP) is 2.75. The zero-order valence-corrected chi connectivity index (χ0v) is 16.5. The minimum atomic E-state index is -0.394. The van der Waals surface area contributed by atoms with E-state index in [0.717, 1.165) is 30.6 Å². The Kier molecular flexibility index (Phi) is 5.03. The average molecular weight is 389 g/mol. The highest BCUT2D eigenvalue weighted by Gasteiger charge is 2.37. The van der Waals surface area contributed by atoms with Gasteiger partial charge in [-0.05, 0) is 62.2 Å². The summed E-state index contributed by atoms with van der Waals surface area (Å²) in [6.07, 6.45) is 2.99. The van der Waals surface area contributed by atoms with Crippen LogP contribution in [0.2, 0.25) is 0 Å². The highest BCUT2D eigenvalue weighted by Crippen LogP contribution is 2.31. The number of aryl methyl sites for hydroxylation is 2. The van der Waals surface area contributed by atoms with Crippen LogP contribution in [0.15, 0.2) is 48.0 Å². The van der Waals surface area contributed by atoms with Crippen molar-refractivity contribution in [2.75, 3.05) is 24.5 Å². The minimum Gasteiger partial charge on any atom is -0.348 e. The molecule has 29 heavy (non-hydrogen) atoms. The first-order chi connectivity index (χ1) is 14.0. The molecule has 0 saturated carbocycles. The van der Waals surface area contributed by atoms with Crippen molar-refractivity contribution < 1.29 is 14.4 Å². The maximum atomic E-state index is 13.0. The first-order valence-corrected chi connectivity index (χ1v) is 9.72. The standard InChI is InChI=1S/C23H23N3O3/c1-14-3-4-15(2)20(11-14)26-22(28)18-6-5-17(12-19(18)23(26)29)21(27)25-13-16-7-9-24-10-8-16/h3-7,11-12,24H,8-10,13H2,1-2H3,(H,25,27). The highest BCUT2D eigenvalue weighted by molar-refractivity contribution is 6.35. The van der Waals surface area contributed by atoms with Crippen molar-refractivity contribution in [3.05, 3.63) is 75.9 Å². The van der Waals surface area contributed by atoms with Gasteiger partial charge in [0.15, 0.2) is 0 Å². The number of rotatable bonds is 4. The SMILES string of the molecule is Cc1ccc(C)c(N2C(=O)c3ccc(C(=O)NCC4=CCNCC4)cc3C2=O)c1. The van der Waals surface area contributed by atoms with Gasteiger partial charge in [0.2, 0.25) is 0 Å². The lowest BCUT2D eigenvalue weighted by molar-refractivity contribution is 0.0923. The fourth-order valence-electron chi connectivity index (χ4n) is 3.69. The van der Waals surface area contributed by atoms with E-state index in [0.29, 0.717) is 23.4 Å². The number of nitrogens with zero attached hydrogens (tertiary/aromatic N) is 1. The van der Waals surface area contributed by atoms with Crippen LogP contribution in [0, 0.1) is 13.8 Å². The van der Waals surface area contributed by atoms with Crippen LogP contribution >= 0.6 is 0 Å². The summed E-state index contributed by atoms with van der Waals surface area (Å²) in [5.41, 5.74) is 4.55. The predicted molar refractivity (Wildman–Crippen MR) is 111 cm³/mol. The zero-order valence-electron chi connectivity index (χ0n) is 16.5. The molecule has 3 amide bonds. The summed E-state index contributed by atoms with van der Waals surface area (Å²) in [5, 5.41) is 6.13. The Hall–Kier alpha value is -3.25. The molecule has 0 aliphatic carbocycles. The topological polar surface area (TPSA) is 78.5 Å². The van der Waals surface area contributed by atoms with E-state index >= 15 is 0 Å². The van der Waals surface area contributed by atoms with Crippen LogP contribution in [0.5, 0.6) is 0 Å². The van der Waals surface area contributed by atoms with Gasteiger partial charge in [-0.1, -0.05) is 23.8 Å². The normalized spacial score (nSPS) is 15.9. The Morgan fingerprint density at radius 1 is 1.07 bits per heavy atom. The third-order valence-electron chi connectivity index (χ3n) is 5.39. The molecule has 148 valence electrons. The molecule has 0 aromatic heterocycles. The Morgan fingerprint density at radius 2 is 1.86 bits per heavy atom. The third kappa shape index (κ3) is 3.59. The second-order valence-corrected chi connectivity index (χ2v) is 7.50.